The normalized spacial score (nSPS) is 12.9. The van der Waals surface area contributed by atoms with Crippen molar-refractivity contribution in [1.29, 1.82) is 0 Å². The molecule has 2 N–H and O–H groups in total. The molecular formula is C25H26ClFN2O2. The van der Waals surface area contributed by atoms with E-state index in [1.807, 2.05) is 73.9 Å². The van der Waals surface area contributed by atoms with Gasteiger partial charge in [-0.1, -0.05) is 42.5 Å². The summed E-state index contributed by atoms with van der Waals surface area (Å²) in [6.45, 7) is 0.783. The first-order valence-electron chi connectivity index (χ1n) is 10.0. The summed E-state index contributed by atoms with van der Waals surface area (Å²) in [5.74, 6) is 0.451. The molecule has 1 heterocycles. The second-order valence-electron chi connectivity index (χ2n) is 7.34. The van der Waals surface area contributed by atoms with Crippen LogP contribution < -0.4 is 10.1 Å². The molecule has 0 aliphatic heterocycles. The predicted molar refractivity (Wildman–Crippen MR) is 124 cm³/mol. The Kier molecular flexibility index (Phi) is 7.69. The molecule has 0 amide bonds. The van der Waals surface area contributed by atoms with Crippen LogP contribution in [-0.2, 0) is 6.61 Å². The summed E-state index contributed by atoms with van der Waals surface area (Å²) >= 11 is 0. The molecule has 0 aliphatic rings. The van der Waals surface area contributed by atoms with Crippen molar-refractivity contribution in [3.8, 4) is 5.75 Å². The zero-order valence-electron chi connectivity index (χ0n) is 17.2. The summed E-state index contributed by atoms with van der Waals surface area (Å²) in [4.78, 5) is 0. The molecule has 0 saturated carbocycles. The molecule has 4 aromatic rings. The molecule has 0 bridgehead atoms. The van der Waals surface area contributed by atoms with Crippen LogP contribution in [0.25, 0.3) is 10.9 Å². The van der Waals surface area contributed by atoms with Crippen molar-refractivity contribution < 1.29 is 14.2 Å². The maximum atomic E-state index is 13.4. The van der Waals surface area contributed by atoms with Crippen LogP contribution in [0.3, 0.4) is 0 Å². The number of ether oxygens (including phenoxy) is 1. The molecule has 162 valence electrons. The number of aliphatic hydroxyl groups excluding tert-OH is 1. The molecule has 2 atom stereocenters. The minimum absolute atomic E-state index is 0. The molecule has 1 aromatic heterocycles. The van der Waals surface area contributed by atoms with Crippen molar-refractivity contribution in [2.75, 3.05) is 13.6 Å². The van der Waals surface area contributed by atoms with Gasteiger partial charge in [-0.3, -0.25) is 0 Å². The summed E-state index contributed by atoms with van der Waals surface area (Å²) in [5, 5.41) is 14.9. The highest BCUT2D eigenvalue weighted by Gasteiger charge is 2.23. The Hall–Kier alpha value is -2.86. The second kappa shape index (κ2) is 10.4. The highest BCUT2D eigenvalue weighted by molar-refractivity contribution is 5.85. The number of benzene rings is 3. The average molecular weight is 441 g/mol. The fourth-order valence-electron chi connectivity index (χ4n) is 3.81. The predicted octanol–water partition coefficient (Wildman–Crippen LogP) is 4.95. The molecule has 0 spiro atoms. The topological polar surface area (TPSA) is 46.4 Å². The van der Waals surface area contributed by atoms with Crippen LogP contribution in [0.15, 0.2) is 85.1 Å². The summed E-state index contributed by atoms with van der Waals surface area (Å²) in [6.07, 6.45) is 1.41. The van der Waals surface area contributed by atoms with Gasteiger partial charge in [0, 0.05) is 23.6 Å². The number of rotatable bonds is 8. The summed E-state index contributed by atoms with van der Waals surface area (Å²) < 4.78 is 21.3. The third-order valence-electron chi connectivity index (χ3n) is 5.20. The van der Waals surface area contributed by atoms with Crippen molar-refractivity contribution in [1.82, 2.24) is 9.88 Å². The Morgan fingerprint density at radius 1 is 1.00 bits per heavy atom. The summed E-state index contributed by atoms with van der Waals surface area (Å²) in [6, 6.07) is 24.1. The van der Waals surface area contributed by atoms with Gasteiger partial charge in [-0.25, -0.2) is 4.39 Å². The molecule has 4 nitrogen and oxygen atoms in total. The van der Waals surface area contributed by atoms with Crippen molar-refractivity contribution in [2.45, 2.75) is 18.8 Å². The van der Waals surface area contributed by atoms with E-state index >= 15 is 0 Å². The molecule has 0 unspecified atom stereocenters. The summed E-state index contributed by atoms with van der Waals surface area (Å²) in [7, 11) is 1.83. The fraction of sp³-hybridized carbons (Fsp3) is 0.200. The lowest BCUT2D eigenvalue weighted by atomic mass is 10.0. The van der Waals surface area contributed by atoms with E-state index in [1.165, 1.54) is 12.1 Å². The van der Waals surface area contributed by atoms with Gasteiger partial charge in [-0.05, 0) is 54.6 Å². The first kappa shape index (κ1) is 22.8. The van der Waals surface area contributed by atoms with Crippen molar-refractivity contribution in [3.63, 3.8) is 0 Å². The van der Waals surface area contributed by atoms with E-state index < -0.39 is 6.10 Å². The van der Waals surface area contributed by atoms with Gasteiger partial charge in [-0.2, -0.15) is 0 Å². The minimum atomic E-state index is -0.586. The quantitative estimate of drug-likeness (QED) is 0.407. The summed E-state index contributed by atoms with van der Waals surface area (Å²) in [5.41, 5.74) is 2.84. The number of halogens is 2. The standard InChI is InChI=1S/C25H25FN2O2.ClH/c1-27-16-24(29)25(19-7-3-2-4-8-19)28-13-12-20-15-22(10-11-23(20)28)30-17-18-6-5-9-21(26)14-18;/h2-15,24-25,27,29H,16-17H2,1H3;1H/t24-,25+;/m1./s1. The molecule has 0 saturated heterocycles. The lowest BCUT2D eigenvalue weighted by molar-refractivity contribution is 0.132. The Morgan fingerprint density at radius 3 is 2.55 bits per heavy atom. The molecule has 6 heteroatoms. The van der Waals surface area contributed by atoms with Crippen LogP contribution in [0.2, 0.25) is 0 Å². The third-order valence-corrected chi connectivity index (χ3v) is 5.20. The lowest BCUT2D eigenvalue weighted by Gasteiger charge is -2.26. The minimum Gasteiger partial charge on any atom is -0.489 e. The van der Waals surface area contributed by atoms with Gasteiger partial charge in [0.25, 0.3) is 0 Å². The van der Waals surface area contributed by atoms with E-state index in [1.54, 1.807) is 6.07 Å². The second-order valence-corrected chi connectivity index (χ2v) is 7.34. The number of fused-ring (bicyclic) bond motifs is 1. The van der Waals surface area contributed by atoms with E-state index in [4.69, 9.17) is 4.74 Å². The van der Waals surface area contributed by atoms with Crippen molar-refractivity contribution >= 4 is 23.3 Å². The maximum Gasteiger partial charge on any atom is 0.123 e. The first-order chi connectivity index (χ1) is 14.7. The largest absolute Gasteiger partial charge is 0.489 e. The Morgan fingerprint density at radius 2 is 1.81 bits per heavy atom. The fourth-order valence-corrected chi connectivity index (χ4v) is 3.81. The number of hydrogen-bond donors (Lipinski definition) is 2. The van der Waals surface area contributed by atoms with Gasteiger partial charge in [0.05, 0.1) is 12.1 Å². The van der Waals surface area contributed by atoms with Crippen LogP contribution >= 0.6 is 12.4 Å². The number of nitrogens with zero attached hydrogens (tertiary/aromatic N) is 1. The van der Waals surface area contributed by atoms with Crippen LogP contribution in [0, 0.1) is 5.82 Å². The zero-order valence-corrected chi connectivity index (χ0v) is 18.1. The molecule has 31 heavy (non-hydrogen) atoms. The number of aromatic nitrogens is 1. The Labute approximate surface area is 187 Å². The average Bonchev–Trinajstić information content (AvgIpc) is 3.16. The highest BCUT2D eigenvalue weighted by atomic mass is 35.5. The van der Waals surface area contributed by atoms with Crippen molar-refractivity contribution in [3.05, 3.63) is 102 Å². The van der Waals surface area contributed by atoms with Gasteiger partial charge in [0.2, 0.25) is 0 Å². The van der Waals surface area contributed by atoms with Gasteiger partial charge in [0.15, 0.2) is 0 Å². The molecule has 0 fully saturated rings. The molecule has 0 aliphatic carbocycles. The number of aliphatic hydroxyl groups is 1. The zero-order chi connectivity index (χ0) is 20.9. The van der Waals surface area contributed by atoms with Crippen LogP contribution in [0.4, 0.5) is 4.39 Å². The Bertz CT molecular complexity index is 1120. The monoisotopic (exact) mass is 440 g/mol. The van der Waals surface area contributed by atoms with Crippen LogP contribution in [-0.4, -0.2) is 29.4 Å². The smallest absolute Gasteiger partial charge is 0.123 e. The Balaban J connectivity index is 0.00000272. The van der Waals surface area contributed by atoms with Gasteiger partial charge < -0.3 is 19.7 Å². The van der Waals surface area contributed by atoms with E-state index in [9.17, 15) is 9.50 Å². The van der Waals surface area contributed by atoms with E-state index in [-0.39, 0.29) is 24.3 Å². The lowest BCUT2D eigenvalue weighted by Crippen LogP contribution is -2.33. The molecule has 0 radical (unpaired) electrons. The number of nitrogens with one attached hydrogen (secondary N) is 1. The first-order valence-corrected chi connectivity index (χ1v) is 10.0. The van der Waals surface area contributed by atoms with Crippen LogP contribution in [0.1, 0.15) is 17.2 Å². The van der Waals surface area contributed by atoms with Gasteiger partial charge in [-0.15, -0.1) is 12.4 Å². The third kappa shape index (κ3) is 5.25. The highest BCUT2D eigenvalue weighted by Crippen LogP contribution is 2.30. The molecule has 3 aromatic carbocycles. The van der Waals surface area contributed by atoms with Crippen molar-refractivity contribution in [2.24, 2.45) is 0 Å². The SMILES string of the molecule is CNC[C@@H](O)[C@H](c1ccccc1)n1ccc2cc(OCc3cccc(F)c3)ccc21.Cl. The number of hydrogen-bond acceptors (Lipinski definition) is 3. The van der Waals surface area contributed by atoms with Crippen LogP contribution in [0.5, 0.6) is 5.75 Å². The van der Waals surface area contributed by atoms with Gasteiger partial charge in [0.1, 0.15) is 18.2 Å². The number of likely N-dealkylation sites (N-methyl/N-ethyl adjacent to an activating group) is 1. The van der Waals surface area contributed by atoms with E-state index in [2.05, 4.69) is 9.88 Å². The molecule has 4 rings (SSSR count). The van der Waals surface area contributed by atoms with E-state index in [0.29, 0.717) is 13.2 Å². The molecular weight excluding hydrogens is 415 g/mol. The van der Waals surface area contributed by atoms with E-state index in [0.717, 1.165) is 27.8 Å². The van der Waals surface area contributed by atoms with Gasteiger partial charge >= 0.3 is 0 Å². The maximum absolute atomic E-state index is 13.4.